The Kier molecular flexibility index (Phi) is 3.45. The fraction of sp³-hybridized carbons (Fsp3) is 0.500. The minimum absolute atomic E-state index is 0.199. The summed E-state index contributed by atoms with van der Waals surface area (Å²) < 4.78 is 0. The Morgan fingerprint density at radius 1 is 1.14 bits per heavy atom. The predicted molar refractivity (Wildman–Crippen MR) is 90.3 cm³/mol. The van der Waals surface area contributed by atoms with E-state index in [-0.39, 0.29) is 6.04 Å². The van der Waals surface area contributed by atoms with Gasteiger partial charge in [-0.25, -0.2) is 4.98 Å². The molecule has 2 aromatic rings. The van der Waals surface area contributed by atoms with Crippen molar-refractivity contribution in [3.63, 3.8) is 0 Å². The first-order valence-corrected chi connectivity index (χ1v) is 8.47. The molecule has 1 aromatic heterocycles. The number of nitrogens with two attached hydrogens (primary N) is 1. The van der Waals surface area contributed by atoms with Crippen LogP contribution in [0.1, 0.15) is 32.7 Å². The van der Waals surface area contributed by atoms with Crippen molar-refractivity contribution in [3.05, 3.63) is 40.7 Å². The average Bonchev–Trinajstić information content (AvgIpc) is 2.77. The van der Waals surface area contributed by atoms with E-state index in [0.29, 0.717) is 16.7 Å². The Morgan fingerprint density at radius 2 is 1.76 bits per heavy atom. The van der Waals surface area contributed by atoms with Gasteiger partial charge < -0.3 is 5.73 Å². The first kappa shape index (κ1) is 14.7. The van der Waals surface area contributed by atoms with E-state index in [1.165, 1.54) is 5.56 Å². The van der Waals surface area contributed by atoms with Gasteiger partial charge in [-0.1, -0.05) is 58.0 Å². The van der Waals surface area contributed by atoms with E-state index in [1.807, 2.05) is 6.07 Å². The molecule has 112 valence electrons. The second-order valence-electron chi connectivity index (χ2n) is 7.28. The number of thiazole rings is 1. The van der Waals surface area contributed by atoms with Gasteiger partial charge in [0.15, 0.2) is 0 Å². The molecule has 1 atom stereocenters. The van der Waals surface area contributed by atoms with E-state index < -0.39 is 0 Å². The molecule has 1 aliphatic carbocycles. The molecule has 1 aromatic carbocycles. The molecule has 3 heteroatoms. The minimum atomic E-state index is 0.199. The first-order chi connectivity index (χ1) is 9.84. The smallest absolute Gasteiger partial charge is 0.0948 e. The fourth-order valence-electron chi connectivity index (χ4n) is 3.78. The summed E-state index contributed by atoms with van der Waals surface area (Å²) in [5, 5.41) is 3.29. The molecule has 1 fully saturated rings. The van der Waals surface area contributed by atoms with E-state index in [0.717, 1.165) is 17.1 Å². The van der Waals surface area contributed by atoms with Gasteiger partial charge in [-0.3, -0.25) is 0 Å². The average molecular weight is 300 g/mol. The summed E-state index contributed by atoms with van der Waals surface area (Å²) in [5.41, 5.74) is 9.40. The molecule has 21 heavy (non-hydrogen) atoms. The van der Waals surface area contributed by atoms with Crippen molar-refractivity contribution in [1.82, 2.24) is 4.98 Å². The monoisotopic (exact) mass is 300 g/mol. The van der Waals surface area contributed by atoms with E-state index in [1.54, 1.807) is 11.3 Å². The lowest BCUT2D eigenvalue weighted by Gasteiger charge is -2.11. The normalized spacial score (nSPS) is 21.2. The van der Waals surface area contributed by atoms with Gasteiger partial charge in [0, 0.05) is 23.4 Å². The van der Waals surface area contributed by atoms with Gasteiger partial charge in [-0.2, -0.15) is 0 Å². The summed E-state index contributed by atoms with van der Waals surface area (Å²) in [6.45, 7) is 9.31. The van der Waals surface area contributed by atoms with Gasteiger partial charge in [0.2, 0.25) is 0 Å². The van der Waals surface area contributed by atoms with Gasteiger partial charge in [-0.05, 0) is 16.7 Å². The predicted octanol–water partition coefficient (Wildman–Crippen LogP) is 4.36. The van der Waals surface area contributed by atoms with Gasteiger partial charge >= 0.3 is 0 Å². The van der Waals surface area contributed by atoms with Crippen molar-refractivity contribution in [2.75, 3.05) is 0 Å². The van der Waals surface area contributed by atoms with Crippen LogP contribution in [0, 0.1) is 16.7 Å². The van der Waals surface area contributed by atoms with Crippen LogP contribution in [0.4, 0.5) is 0 Å². The van der Waals surface area contributed by atoms with E-state index >= 15 is 0 Å². The van der Waals surface area contributed by atoms with Crippen LogP contribution in [0.25, 0.3) is 11.3 Å². The number of nitrogens with zero attached hydrogens (tertiary/aromatic N) is 1. The molecule has 0 radical (unpaired) electrons. The van der Waals surface area contributed by atoms with Gasteiger partial charge in [0.05, 0.1) is 10.7 Å². The molecule has 0 aliphatic heterocycles. The molecule has 0 spiro atoms. The summed E-state index contributed by atoms with van der Waals surface area (Å²) in [6.07, 6.45) is 0.884. The minimum Gasteiger partial charge on any atom is -0.327 e. The van der Waals surface area contributed by atoms with E-state index in [9.17, 15) is 0 Å². The maximum Gasteiger partial charge on any atom is 0.0948 e. The topological polar surface area (TPSA) is 38.9 Å². The van der Waals surface area contributed by atoms with Crippen LogP contribution in [0.5, 0.6) is 0 Å². The first-order valence-electron chi connectivity index (χ1n) is 7.59. The van der Waals surface area contributed by atoms with Crippen LogP contribution in [-0.4, -0.2) is 11.0 Å². The largest absolute Gasteiger partial charge is 0.327 e. The lowest BCUT2D eigenvalue weighted by atomic mass is 10.0. The third-order valence-electron chi connectivity index (χ3n) is 5.59. The number of benzene rings is 1. The van der Waals surface area contributed by atoms with Crippen LogP contribution in [0.3, 0.4) is 0 Å². The molecule has 0 bridgehead atoms. The number of hydrogen-bond donors (Lipinski definition) is 1. The molecule has 0 amide bonds. The zero-order valence-electron chi connectivity index (χ0n) is 13.3. The molecule has 1 saturated carbocycles. The maximum absolute atomic E-state index is 6.48. The third-order valence-corrected chi connectivity index (χ3v) is 6.46. The zero-order chi connectivity index (χ0) is 15.3. The SMILES string of the molecule is CC1(C)C(C(N)Cc2nc(-c3ccccc3)cs2)C1(C)C. The quantitative estimate of drug-likeness (QED) is 0.911. The molecule has 1 unspecified atom stereocenters. The van der Waals surface area contributed by atoms with E-state index in [4.69, 9.17) is 10.7 Å². The van der Waals surface area contributed by atoms with Crippen molar-refractivity contribution in [3.8, 4) is 11.3 Å². The van der Waals surface area contributed by atoms with Crippen LogP contribution in [0.15, 0.2) is 35.7 Å². The fourth-order valence-corrected chi connectivity index (χ4v) is 4.66. The number of aromatic nitrogens is 1. The van der Waals surface area contributed by atoms with Gasteiger partial charge in [0.1, 0.15) is 0 Å². The Hall–Kier alpha value is -1.19. The molecule has 2 nitrogen and oxygen atoms in total. The summed E-state index contributed by atoms with van der Waals surface area (Å²) in [6, 6.07) is 10.5. The molecule has 0 saturated heterocycles. The zero-order valence-corrected chi connectivity index (χ0v) is 14.1. The summed E-state index contributed by atoms with van der Waals surface area (Å²) in [5.74, 6) is 0.578. The van der Waals surface area contributed by atoms with Crippen LogP contribution in [0.2, 0.25) is 0 Å². The molecular formula is C18H24N2S. The Balaban J connectivity index is 1.71. The van der Waals surface area contributed by atoms with Crippen molar-refractivity contribution in [2.24, 2.45) is 22.5 Å². The second kappa shape index (κ2) is 4.92. The number of rotatable bonds is 4. The lowest BCUT2D eigenvalue weighted by Crippen LogP contribution is -2.28. The summed E-state index contributed by atoms with van der Waals surface area (Å²) in [7, 11) is 0. The maximum atomic E-state index is 6.48. The molecule has 3 rings (SSSR count). The standard InChI is InChI=1S/C18H24N2S/c1-17(2)16(18(17,3)4)13(19)10-15-20-14(11-21-15)12-8-6-5-7-9-12/h5-9,11,13,16H,10,19H2,1-4H3. The van der Waals surface area contributed by atoms with Crippen molar-refractivity contribution >= 4 is 11.3 Å². The highest BCUT2D eigenvalue weighted by atomic mass is 32.1. The lowest BCUT2D eigenvalue weighted by molar-refractivity contribution is 0.457. The second-order valence-corrected chi connectivity index (χ2v) is 8.22. The molecular weight excluding hydrogens is 276 g/mol. The van der Waals surface area contributed by atoms with Gasteiger partial charge in [-0.15, -0.1) is 11.3 Å². The summed E-state index contributed by atoms with van der Waals surface area (Å²) in [4.78, 5) is 4.76. The van der Waals surface area contributed by atoms with Crippen molar-refractivity contribution in [1.29, 1.82) is 0 Å². The molecule has 2 N–H and O–H groups in total. The van der Waals surface area contributed by atoms with Gasteiger partial charge in [0.25, 0.3) is 0 Å². The Labute approximate surface area is 131 Å². The van der Waals surface area contributed by atoms with E-state index in [2.05, 4.69) is 57.3 Å². The molecule has 1 heterocycles. The highest BCUT2D eigenvalue weighted by molar-refractivity contribution is 7.09. The summed E-state index contributed by atoms with van der Waals surface area (Å²) >= 11 is 1.73. The highest BCUT2D eigenvalue weighted by Gasteiger charge is 2.66. The Morgan fingerprint density at radius 3 is 2.33 bits per heavy atom. The third kappa shape index (κ3) is 2.43. The van der Waals surface area contributed by atoms with Crippen molar-refractivity contribution in [2.45, 2.75) is 40.2 Å². The van der Waals surface area contributed by atoms with Crippen LogP contribution >= 0.6 is 11.3 Å². The van der Waals surface area contributed by atoms with Crippen molar-refractivity contribution < 1.29 is 0 Å². The van der Waals surface area contributed by atoms with Crippen LogP contribution < -0.4 is 5.73 Å². The Bertz CT molecular complexity index is 614. The number of hydrogen-bond acceptors (Lipinski definition) is 3. The highest BCUT2D eigenvalue weighted by Crippen LogP contribution is 2.69. The van der Waals surface area contributed by atoms with Crippen LogP contribution in [-0.2, 0) is 6.42 Å². The molecule has 1 aliphatic rings.